The molecule has 0 spiro atoms. The van der Waals surface area contributed by atoms with Gasteiger partial charge in [-0.2, -0.15) is 0 Å². The molecular weight excluding hydrogens is 188 g/mol. The summed E-state index contributed by atoms with van der Waals surface area (Å²) in [6.07, 6.45) is 0.280. The van der Waals surface area contributed by atoms with Crippen LogP contribution in [0.15, 0.2) is 24.3 Å². The van der Waals surface area contributed by atoms with E-state index in [4.69, 9.17) is 10.5 Å². The van der Waals surface area contributed by atoms with Crippen molar-refractivity contribution in [1.29, 1.82) is 0 Å². The maximum atomic E-state index is 5.73. The Morgan fingerprint density at radius 3 is 2.73 bits per heavy atom. The number of nitrogens with one attached hydrogen (secondary N) is 1. The summed E-state index contributed by atoms with van der Waals surface area (Å²) in [5, 5.41) is 3.35. The first-order valence-corrected chi connectivity index (χ1v) is 5.45. The molecule has 3 N–H and O–H groups in total. The fraction of sp³-hybridized carbons (Fsp3) is 0.500. The number of ether oxygens (including phenoxy) is 1. The molecule has 0 aliphatic carbocycles. The van der Waals surface area contributed by atoms with Crippen molar-refractivity contribution in [2.75, 3.05) is 25.4 Å². The van der Waals surface area contributed by atoms with Gasteiger partial charge in [0.1, 0.15) is 0 Å². The third-order valence-corrected chi connectivity index (χ3v) is 2.98. The van der Waals surface area contributed by atoms with E-state index in [1.165, 1.54) is 5.56 Å². The summed E-state index contributed by atoms with van der Waals surface area (Å²) in [5.41, 5.74) is 7.76. The topological polar surface area (TPSA) is 47.3 Å². The van der Waals surface area contributed by atoms with Crippen molar-refractivity contribution in [3.8, 4) is 0 Å². The van der Waals surface area contributed by atoms with Gasteiger partial charge < -0.3 is 15.8 Å². The highest BCUT2D eigenvalue weighted by molar-refractivity contribution is 5.40. The maximum Gasteiger partial charge on any atom is 0.0765 e. The number of nitrogens with two attached hydrogens (primary N) is 1. The summed E-state index contributed by atoms with van der Waals surface area (Å²) in [5.74, 6) is 0.415. The molecule has 2 atom stereocenters. The number of nitrogen functional groups attached to an aromatic ring is 1. The van der Waals surface area contributed by atoms with Gasteiger partial charge in [-0.25, -0.2) is 0 Å². The second-order valence-corrected chi connectivity index (χ2v) is 4.07. The average Bonchev–Trinajstić information content (AvgIpc) is 2.30. The van der Waals surface area contributed by atoms with Crippen LogP contribution in [0.25, 0.3) is 0 Å². The summed E-state index contributed by atoms with van der Waals surface area (Å²) in [6, 6.07) is 8.06. The first-order valence-electron chi connectivity index (χ1n) is 5.45. The van der Waals surface area contributed by atoms with Gasteiger partial charge in [-0.05, 0) is 17.7 Å². The predicted octanol–water partition coefficient (Wildman–Crippen LogP) is 1.36. The Balaban J connectivity index is 2.05. The Hall–Kier alpha value is -1.06. The van der Waals surface area contributed by atoms with Crippen molar-refractivity contribution < 1.29 is 4.74 Å². The lowest BCUT2D eigenvalue weighted by atomic mass is 9.94. The summed E-state index contributed by atoms with van der Waals surface area (Å²) in [7, 11) is 0. The van der Waals surface area contributed by atoms with Crippen LogP contribution in [-0.4, -0.2) is 25.8 Å². The molecule has 0 bridgehead atoms. The highest BCUT2D eigenvalue weighted by Gasteiger charge is 2.21. The number of anilines is 1. The average molecular weight is 206 g/mol. The van der Waals surface area contributed by atoms with Gasteiger partial charge in [0.15, 0.2) is 0 Å². The molecule has 1 aromatic carbocycles. The van der Waals surface area contributed by atoms with E-state index < -0.39 is 0 Å². The highest BCUT2D eigenvalue weighted by atomic mass is 16.5. The molecule has 1 aromatic rings. The summed E-state index contributed by atoms with van der Waals surface area (Å²) >= 11 is 0. The van der Waals surface area contributed by atoms with Gasteiger partial charge in [0.2, 0.25) is 0 Å². The van der Waals surface area contributed by atoms with Crippen molar-refractivity contribution in [2.45, 2.75) is 18.9 Å². The molecule has 3 nitrogen and oxygen atoms in total. The molecule has 1 saturated heterocycles. The second-order valence-electron chi connectivity index (χ2n) is 4.07. The van der Waals surface area contributed by atoms with Crippen LogP contribution in [0.5, 0.6) is 0 Å². The smallest absolute Gasteiger partial charge is 0.0765 e. The Kier molecular flexibility index (Phi) is 3.23. The molecule has 1 aliphatic heterocycles. The quantitative estimate of drug-likeness (QED) is 0.718. The van der Waals surface area contributed by atoms with Gasteiger partial charge >= 0.3 is 0 Å². The lowest BCUT2D eigenvalue weighted by molar-refractivity contribution is 0.0146. The Labute approximate surface area is 90.6 Å². The fourth-order valence-electron chi connectivity index (χ4n) is 1.92. The Morgan fingerprint density at radius 2 is 2.13 bits per heavy atom. The Bertz CT molecular complexity index is 304. The number of morpholine rings is 1. The van der Waals surface area contributed by atoms with Crippen LogP contribution in [0.3, 0.4) is 0 Å². The zero-order valence-corrected chi connectivity index (χ0v) is 9.07. The second kappa shape index (κ2) is 4.64. The molecule has 82 valence electrons. The van der Waals surface area contributed by atoms with Crippen LogP contribution in [0.2, 0.25) is 0 Å². The highest BCUT2D eigenvalue weighted by Crippen LogP contribution is 2.23. The largest absolute Gasteiger partial charge is 0.399 e. The van der Waals surface area contributed by atoms with Crippen LogP contribution >= 0.6 is 0 Å². The fourth-order valence-corrected chi connectivity index (χ4v) is 1.92. The van der Waals surface area contributed by atoms with Crippen LogP contribution in [0.1, 0.15) is 18.4 Å². The molecule has 2 unspecified atom stereocenters. The minimum Gasteiger partial charge on any atom is -0.399 e. The van der Waals surface area contributed by atoms with Crippen molar-refractivity contribution in [3.63, 3.8) is 0 Å². The SMILES string of the molecule is CC(c1ccc(N)cc1)C1CNCCO1. The molecule has 0 aromatic heterocycles. The molecule has 0 saturated carbocycles. The first kappa shape index (κ1) is 10.5. The van der Waals surface area contributed by atoms with E-state index in [-0.39, 0.29) is 6.10 Å². The molecule has 1 fully saturated rings. The van der Waals surface area contributed by atoms with E-state index in [1.807, 2.05) is 12.1 Å². The zero-order chi connectivity index (χ0) is 10.7. The number of rotatable bonds is 2. The summed E-state index contributed by atoms with van der Waals surface area (Å²) < 4.78 is 5.73. The number of benzene rings is 1. The lowest BCUT2D eigenvalue weighted by Crippen LogP contribution is -2.41. The monoisotopic (exact) mass is 206 g/mol. The van der Waals surface area contributed by atoms with Gasteiger partial charge in [0.05, 0.1) is 12.7 Å². The number of hydrogen-bond donors (Lipinski definition) is 2. The predicted molar refractivity (Wildman–Crippen MR) is 61.9 cm³/mol. The lowest BCUT2D eigenvalue weighted by Gasteiger charge is -2.29. The van der Waals surface area contributed by atoms with E-state index in [1.54, 1.807) is 0 Å². The van der Waals surface area contributed by atoms with Crippen molar-refractivity contribution in [1.82, 2.24) is 5.32 Å². The normalized spacial score (nSPS) is 23.7. The third kappa shape index (κ3) is 2.49. The van der Waals surface area contributed by atoms with Gasteiger partial charge in [0.25, 0.3) is 0 Å². The molecule has 3 heteroatoms. The molecule has 1 aliphatic rings. The van der Waals surface area contributed by atoms with Crippen LogP contribution in [0, 0.1) is 0 Å². The summed E-state index contributed by atoms with van der Waals surface area (Å²) in [6.45, 7) is 4.91. The van der Waals surface area contributed by atoms with Gasteiger partial charge in [-0.1, -0.05) is 19.1 Å². The van der Waals surface area contributed by atoms with Crippen molar-refractivity contribution in [3.05, 3.63) is 29.8 Å². The molecule has 0 radical (unpaired) electrons. The molecule has 15 heavy (non-hydrogen) atoms. The number of hydrogen-bond acceptors (Lipinski definition) is 3. The minimum atomic E-state index is 0.280. The van der Waals surface area contributed by atoms with Crippen molar-refractivity contribution in [2.24, 2.45) is 0 Å². The van der Waals surface area contributed by atoms with E-state index in [2.05, 4.69) is 24.4 Å². The van der Waals surface area contributed by atoms with Gasteiger partial charge in [0, 0.05) is 24.7 Å². The van der Waals surface area contributed by atoms with Gasteiger partial charge in [-0.15, -0.1) is 0 Å². The van der Waals surface area contributed by atoms with Crippen LogP contribution < -0.4 is 11.1 Å². The molecule has 2 rings (SSSR count). The van der Waals surface area contributed by atoms with Crippen LogP contribution in [0.4, 0.5) is 5.69 Å². The van der Waals surface area contributed by atoms with Gasteiger partial charge in [-0.3, -0.25) is 0 Å². The third-order valence-electron chi connectivity index (χ3n) is 2.98. The Morgan fingerprint density at radius 1 is 1.40 bits per heavy atom. The van der Waals surface area contributed by atoms with Crippen LogP contribution in [-0.2, 0) is 4.74 Å². The minimum absolute atomic E-state index is 0.280. The molecule has 1 heterocycles. The molecular formula is C12H18N2O. The van der Waals surface area contributed by atoms with Crippen molar-refractivity contribution >= 4 is 5.69 Å². The van der Waals surface area contributed by atoms with E-state index in [0.717, 1.165) is 25.4 Å². The van der Waals surface area contributed by atoms with E-state index in [0.29, 0.717) is 5.92 Å². The van der Waals surface area contributed by atoms with E-state index in [9.17, 15) is 0 Å². The van der Waals surface area contributed by atoms with E-state index >= 15 is 0 Å². The molecule has 0 amide bonds. The first-order chi connectivity index (χ1) is 7.27. The standard InChI is InChI=1S/C12H18N2O/c1-9(12-8-14-6-7-15-12)10-2-4-11(13)5-3-10/h2-5,9,12,14H,6-8,13H2,1H3. The maximum absolute atomic E-state index is 5.73. The summed E-state index contributed by atoms with van der Waals surface area (Å²) in [4.78, 5) is 0. The zero-order valence-electron chi connectivity index (χ0n) is 9.07.